The molecule has 1 aromatic carbocycles. The summed E-state index contributed by atoms with van der Waals surface area (Å²) in [5.74, 6) is 0.183. The largest absolute Gasteiger partial charge is 0.508 e. The third-order valence-electron chi connectivity index (χ3n) is 3.51. The van der Waals surface area contributed by atoms with Crippen molar-refractivity contribution in [3.63, 3.8) is 0 Å². The van der Waals surface area contributed by atoms with Gasteiger partial charge in [0.25, 0.3) is 0 Å². The van der Waals surface area contributed by atoms with Gasteiger partial charge < -0.3 is 23.2 Å². The van der Waals surface area contributed by atoms with E-state index in [4.69, 9.17) is 18.1 Å². The highest BCUT2D eigenvalue weighted by Gasteiger charge is 2.31. The Morgan fingerprint density at radius 3 is 1.67 bits per heavy atom. The number of phenols is 1. The first-order chi connectivity index (χ1) is 11.3. The second-order valence-corrected chi connectivity index (χ2v) is 9.52. The molecule has 0 fully saturated rings. The van der Waals surface area contributed by atoms with Gasteiger partial charge in [0.1, 0.15) is 18.3 Å². The number of aromatic hydroxyl groups is 1. The molecular formula is C14H25NO7P2. The number of hydrogen-bond acceptors (Lipinski definition) is 8. The summed E-state index contributed by atoms with van der Waals surface area (Å²) in [6, 6.07) is 6.74. The van der Waals surface area contributed by atoms with Gasteiger partial charge in [-0.2, -0.15) is 0 Å². The molecule has 1 rings (SSSR count). The molecule has 24 heavy (non-hydrogen) atoms. The molecule has 1 aromatic rings. The molecule has 0 spiro atoms. The molecule has 0 amide bonds. The zero-order chi connectivity index (χ0) is 18.2. The molecule has 0 aliphatic heterocycles. The van der Waals surface area contributed by atoms with Gasteiger partial charge in [-0.3, -0.25) is 14.0 Å². The van der Waals surface area contributed by atoms with Crippen LogP contribution in [-0.2, 0) is 33.6 Å². The predicted octanol–water partition coefficient (Wildman–Crippen LogP) is 3.12. The molecule has 0 radical (unpaired) electrons. The topological polar surface area (TPSA) is 94.5 Å². The van der Waals surface area contributed by atoms with Crippen molar-refractivity contribution in [2.24, 2.45) is 0 Å². The monoisotopic (exact) mass is 381 g/mol. The van der Waals surface area contributed by atoms with E-state index in [0.717, 1.165) is 5.56 Å². The first kappa shape index (κ1) is 21.3. The minimum Gasteiger partial charge on any atom is -0.508 e. The summed E-state index contributed by atoms with van der Waals surface area (Å²) >= 11 is 0. The van der Waals surface area contributed by atoms with Gasteiger partial charge in [0.2, 0.25) is 0 Å². The van der Waals surface area contributed by atoms with Crippen LogP contribution < -0.4 is 0 Å². The molecule has 0 aromatic heterocycles. The SMILES string of the molecule is COP(=O)(CN(CCc1ccc(O)cc1)CP(=O)(OC)OC)OC. The molecule has 0 aliphatic rings. The lowest BCUT2D eigenvalue weighted by atomic mass is 10.1. The second kappa shape index (κ2) is 9.68. The van der Waals surface area contributed by atoms with Crippen LogP contribution in [0.1, 0.15) is 5.56 Å². The maximum atomic E-state index is 12.4. The Morgan fingerprint density at radius 2 is 1.29 bits per heavy atom. The molecule has 138 valence electrons. The molecule has 0 atom stereocenters. The van der Waals surface area contributed by atoms with E-state index >= 15 is 0 Å². The molecule has 0 bridgehead atoms. The van der Waals surface area contributed by atoms with E-state index in [-0.39, 0.29) is 18.3 Å². The molecule has 0 saturated heterocycles. The fourth-order valence-electron chi connectivity index (χ4n) is 2.01. The van der Waals surface area contributed by atoms with E-state index in [1.165, 1.54) is 28.4 Å². The van der Waals surface area contributed by atoms with Crippen LogP contribution in [-0.4, -0.2) is 57.6 Å². The zero-order valence-electron chi connectivity index (χ0n) is 14.4. The highest BCUT2D eigenvalue weighted by atomic mass is 31.2. The van der Waals surface area contributed by atoms with Crippen LogP contribution in [0.5, 0.6) is 5.75 Å². The van der Waals surface area contributed by atoms with Gasteiger partial charge in [0.15, 0.2) is 0 Å². The molecule has 1 N–H and O–H groups in total. The molecule has 0 aliphatic carbocycles. The molecule has 0 saturated carbocycles. The number of rotatable bonds is 11. The highest BCUT2D eigenvalue weighted by Crippen LogP contribution is 2.51. The summed E-state index contributed by atoms with van der Waals surface area (Å²) < 4.78 is 44.6. The van der Waals surface area contributed by atoms with Crippen LogP contribution in [0.4, 0.5) is 0 Å². The van der Waals surface area contributed by atoms with Crippen molar-refractivity contribution in [3.05, 3.63) is 29.8 Å². The van der Waals surface area contributed by atoms with Crippen molar-refractivity contribution in [1.29, 1.82) is 0 Å². The highest BCUT2D eigenvalue weighted by molar-refractivity contribution is 7.54. The van der Waals surface area contributed by atoms with E-state index in [1.807, 2.05) is 0 Å². The Balaban J connectivity index is 2.85. The van der Waals surface area contributed by atoms with E-state index < -0.39 is 15.2 Å². The summed E-state index contributed by atoms with van der Waals surface area (Å²) in [5.41, 5.74) is 0.965. The lowest BCUT2D eigenvalue weighted by molar-refractivity contribution is 0.224. The fraction of sp³-hybridized carbons (Fsp3) is 0.571. The Hall–Kier alpha value is -0.720. The lowest BCUT2D eigenvalue weighted by Gasteiger charge is -2.27. The number of benzene rings is 1. The average molecular weight is 381 g/mol. The third kappa shape index (κ3) is 6.65. The van der Waals surface area contributed by atoms with E-state index in [9.17, 15) is 14.2 Å². The van der Waals surface area contributed by atoms with Crippen LogP contribution in [0.3, 0.4) is 0 Å². The van der Waals surface area contributed by atoms with Crippen LogP contribution in [0.15, 0.2) is 24.3 Å². The summed E-state index contributed by atoms with van der Waals surface area (Å²) in [6.07, 6.45) is 0.491. The molecule has 10 heteroatoms. The Bertz CT molecular complexity index is 549. The average Bonchev–Trinajstić information content (AvgIpc) is 2.60. The third-order valence-corrected chi connectivity index (χ3v) is 7.23. The quantitative estimate of drug-likeness (QED) is 0.585. The van der Waals surface area contributed by atoms with Gasteiger partial charge in [-0.15, -0.1) is 0 Å². The minimum absolute atomic E-state index is 0.0468. The van der Waals surface area contributed by atoms with Crippen molar-refractivity contribution in [3.8, 4) is 5.75 Å². The van der Waals surface area contributed by atoms with Crippen LogP contribution in [0.2, 0.25) is 0 Å². The van der Waals surface area contributed by atoms with Crippen molar-refractivity contribution >= 4 is 15.2 Å². The Morgan fingerprint density at radius 1 is 0.875 bits per heavy atom. The smallest absolute Gasteiger partial charge is 0.344 e. The van der Waals surface area contributed by atoms with Gasteiger partial charge in [-0.05, 0) is 24.1 Å². The molecular weight excluding hydrogens is 356 g/mol. The van der Waals surface area contributed by atoms with E-state index in [2.05, 4.69) is 0 Å². The molecule has 0 unspecified atom stereocenters. The van der Waals surface area contributed by atoms with Gasteiger partial charge in [-0.25, -0.2) is 0 Å². The standard InChI is InChI=1S/C14H25NO7P2/c1-19-23(17,20-2)11-15(12-24(18,21-3)22-4)10-9-13-5-7-14(16)8-6-13/h5-8,16H,9-12H2,1-4H3. The summed E-state index contributed by atoms with van der Waals surface area (Å²) in [5, 5.41) is 9.32. The summed E-state index contributed by atoms with van der Waals surface area (Å²) in [6.45, 7) is 0.429. The van der Waals surface area contributed by atoms with Gasteiger partial charge >= 0.3 is 15.2 Å². The summed E-state index contributed by atoms with van der Waals surface area (Å²) in [7, 11) is -1.44. The number of hydrogen-bond donors (Lipinski definition) is 1. The Labute approximate surface area is 142 Å². The maximum Gasteiger partial charge on any atom is 0.344 e. The first-order valence-electron chi connectivity index (χ1n) is 7.21. The molecule has 0 heterocycles. The Kier molecular flexibility index (Phi) is 8.60. The van der Waals surface area contributed by atoms with Crippen molar-refractivity contribution in [2.75, 3.05) is 47.6 Å². The van der Waals surface area contributed by atoms with Gasteiger partial charge in [0.05, 0.1) is 0 Å². The summed E-state index contributed by atoms with van der Waals surface area (Å²) in [4.78, 5) is 1.66. The maximum absolute atomic E-state index is 12.4. The number of phenolic OH excluding ortho intramolecular Hbond substituents is 1. The van der Waals surface area contributed by atoms with Gasteiger partial charge in [-0.1, -0.05) is 12.1 Å². The fourth-order valence-corrected chi connectivity index (χ4v) is 4.39. The van der Waals surface area contributed by atoms with Crippen molar-refractivity contribution < 1.29 is 32.3 Å². The molecule has 8 nitrogen and oxygen atoms in total. The van der Waals surface area contributed by atoms with Gasteiger partial charge in [0, 0.05) is 35.0 Å². The lowest BCUT2D eigenvalue weighted by Crippen LogP contribution is -2.29. The first-order valence-corrected chi connectivity index (χ1v) is 10.7. The van der Waals surface area contributed by atoms with Crippen molar-refractivity contribution in [1.82, 2.24) is 4.90 Å². The van der Waals surface area contributed by atoms with Crippen LogP contribution in [0, 0.1) is 0 Å². The van der Waals surface area contributed by atoms with Crippen molar-refractivity contribution in [2.45, 2.75) is 6.42 Å². The number of nitrogens with zero attached hydrogens (tertiary/aromatic N) is 1. The van der Waals surface area contributed by atoms with Crippen LogP contribution in [0.25, 0.3) is 0 Å². The predicted molar refractivity (Wildman–Crippen MR) is 91.5 cm³/mol. The zero-order valence-corrected chi connectivity index (χ0v) is 16.2. The van der Waals surface area contributed by atoms with E-state index in [1.54, 1.807) is 29.2 Å². The minimum atomic E-state index is -3.32. The second-order valence-electron chi connectivity index (χ2n) is 5.05. The van der Waals surface area contributed by atoms with E-state index in [0.29, 0.717) is 13.0 Å². The normalized spacial score (nSPS) is 12.7. The van der Waals surface area contributed by atoms with Crippen LogP contribution >= 0.6 is 15.2 Å².